The monoisotopic (exact) mass is 218 g/mol. The Hall–Kier alpha value is -0.650. The fourth-order valence-corrected chi connectivity index (χ4v) is 0.964. The predicted molar refractivity (Wildman–Crippen MR) is 58.5 cm³/mol. The lowest BCUT2D eigenvalue weighted by atomic mass is 10.1. The van der Waals surface area contributed by atoms with Crippen LogP contribution in [0.4, 0.5) is 0 Å². The molecule has 0 saturated carbocycles. The summed E-state index contributed by atoms with van der Waals surface area (Å²) in [5.74, 6) is -0.128. The molecule has 0 bridgehead atoms. The molecule has 0 aliphatic rings. The maximum Gasteiger partial charge on any atom is 0.234 e. The first kappa shape index (κ1) is 14.3. The Morgan fingerprint density at radius 1 is 1.27 bits per heavy atom. The van der Waals surface area contributed by atoms with Crippen LogP contribution in [0, 0.1) is 0 Å². The van der Waals surface area contributed by atoms with Crippen molar-refractivity contribution >= 4 is 5.91 Å². The largest absolute Gasteiger partial charge is 0.393 e. The first-order chi connectivity index (χ1) is 6.66. The SMILES string of the molecule is CC(O)(CO)CNCC(=O)NC(C)(C)C. The Kier molecular flexibility index (Phi) is 5.20. The van der Waals surface area contributed by atoms with Gasteiger partial charge in [-0.1, -0.05) is 0 Å². The Balaban J connectivity index is 3.74. The van der Waals surface area contributed by atoms with Crippen LogP contribution in [0.25, 0.3) is 0 Å². The zero-order valence-corrected chi connectivity index (χ0v) is 9.92. The van der Waals surface area contributed by atoms with Crippen LogP contribution >= 0.6 is 0 Å². The molecule has 0 fully saturated rings. The number of hydrogen-bond donors (Lipinski definition) is 4. The highest BCUT2D eigenvalue weighted by atomic mass is 16.3. The highest BCUT2D eigenvalue weighted by Crippen LogP contribution is 1.99. The molecule has 5 heteroatoms. The quantitative estimate of drug-likeness (QED) is 0.488. The molecule has 0 aliphatic carbocycles. The number of aliphatic hydroxyl groups excluding tert-OH is 1. The summed E-state index contributed by atoms with van der Waals surface area (Å²) in [4.78, 5) is 11.3. The standard InChI is InChI=1S/C10H22N2O3/c1-9(2,3)12-8(14)5-11-6-10(4,15)7-13/h11,13,15H,5-7H2,1-4H3,(H,12,14). The molecular formula is C10H22N2O3. The molecule has 1 atom stereocenters. The van der Waals surface area contributed by atoms with Gasteiger partial charge in [-0.2, -0.15) is 0 Å². The molecule has 15 heavy (non-hydrogen) atoms. The predicted octanol–water partition coefficient (Wildman–Crippen LogP) is -0.766. The molecule has 5 nitrogen and oxygen atoms in total. The molecule has 1 amide bonds. The van der Waals surface area contributed by atoms with E-state index in [0.29, 0.717) is 0 Å². The minimum absolute atomic E-state index is 0.128. The molecular weight excluding hydrogens is 196 g/mol. The number of rotatable bonds is 5. The second kappa shape index (κ2) is 5.44. The molecule has 90 valence electrons. The summed E-state index contributed by atoms with van der Waals surface area (Å²) in [7, 11) is 0. The summed E-state index contributed by atoms with van der Waals surface area (Å²) < 4.78 is 0. The Morgan fingerprint density at radius 2 is 1.80 bits per heavy atom. The summed E-state index contributed by atoms with van der Waals surface area (Å²) in [6.07, 6.45) is 0. The third kappa shape index (κ3) is 8.35. The van der Waals surface area contributed by atoms with Gasteiger partial charge in [-0.05, 0) is 27.7 Å². The van der Waals surface area contributed by atoms with E-state index in [2.05, 4.69) is 10.6 Å². The molecule has 0 aromatic rings. The van der Waals surface area contributed by atoms with E-state index in [1.807, 2.05) is 20.8 Å². The number of aliphatic hydroxyl groups is 2. The van der Waals surface area contributed by atoms with Crippen molar-refractivity contribution in [2.75, 3.05) is 19.7 Å². The Bertz CT molecular complexity index is 209. The number of hydrogen-bond acceptors (Lipinski definition) is 4. The lowest BCUT2D eigenvalue weighted by Crippen LogP contribution is -2.48. The molecule has 0 spiro atoms. The minimum atomic E-state index is -1.18. The number of nitrogens with one attached hydrogen (secondary N) is 2. The van der Waals surface area contributed by atoms with Crippen molar-refractivity contribution in [3.05, 3.63) is 0 Å². The van der Waals surface area contributed by atoms with Crippen LogP contribution in [-0.4, -0.2) is 47.0 Å². The van der Waals surface area contributed by atoms with Crippen molar-refractivity contribution in [2.24, 2.45) is 0 Å². The van der Waals surface area contributed by atoms with Gasteiger partial charge in [-0.15, -0.1) is 0 Å². The van der Waals surface area contributed by atoms with Crippen molar-refractivity contribution in [1.29, 1.82) is 0 Å². The van der Waals surface area contributed by atoms with Gasteiger partial charge in [0.15, 0.2) is 0 Å². The van der Waals surface area contributed by atoms with Gasteiger partial charge in [0.05, 0.1) is 18.8 Å². The van der Waals surface area contributed by atoms with E-state index < -0.39 is 5.60 Å². The normalized spacial score (nSPS) is 15.9. The highest BCUT2D eigenvalue weighted by Gasteiger charge is 2.19. The summed E-state index contributed by atoms with van der Waals surface area (Å²) >= 11 is 0. The van der Waals surface area contributed by atoms with Crippen LogP contribution in [0.3, 0.4) is 0 Å². The van der Waals surface area contributed by atoms with Gasteiger partial charge < -0.3 is 20.8 Å². The molecule has 0 heterocycles. The smallest absolute Gasteiger partial charge is 0.234 e. The average molecular weight is 218 g/mol. The first-order valence-electron chi connectivity index (χ1n) is 5.01. The molecule has 0 radical (unpaired) electrons. The van der Waals surface area contributed by atoms with Crippen molar-refractivity contribution < 1.29 is 15.0 Å². The second-order valence-corrected chi connectivity index (χ2v) is 5.06. The van der Waals surface area contributed by atoms with E-state index in [0.717, 1.165) is 0 Å². The third-order valence-corrected chi connectivity index (χ3v) is 1.65. The van der Waals surface area contributed by atoms with Crippen molar-refractivity contribution in [3.63, 3.8) is 0 Å². The van der Waals surface area contributed by atoms with Crippen molar-refractivity contribution in [3.8, 4) is 0 Å². The summed E-state index contributed by atoms with van der Waals surface area (Å²) in [6, 6.07) is 0. The average Bonchev–Trinajstić information content (AvgIpc) is 2.00. The van der Waals surface area contributed by atoms with Crippen LogP contribution in [0.5, 0.6) is 0 Å². The number of carbonyl (C=O) groups is 1. The van der Waals surface area contributed by atoms with Gasteiger partial charge in [-0.25, -0.2) is 0 Å². The number of amides is 1. The number of carbonyl (C=O) groups excluding carboxylic acids is 1. The zero-order chi connectivity index (χ0) is 12.1. The van der Waals surface area contributed by atoms with Crippen LogP contribution in [0.2, 0.25) is 0 Å². The van der Waals surface area contributed by atoms with Crippen molar-refractivity contribution in [1.82, 2.24) is 10.6 Å². The highest BCUT2D eigenvalue weighted by molar-refractivity contribution is 5.78. The summed E-state index contributed by atoms with van der Waals surface area (Å²) in [6.45, 7) is 7.18. The summed E-state index contributed by atoms with van der Waals surface area (Å²) in [5.41, 5.74) is -1.43. The van der Waals surface area contributed by atoms with E-state index in [1.54, 1.807) is 0 Å². The fraction of sp³-hybridized carbons (Fsp3) is 0.900. The van der Waals surface area contributed by atoms with Crippen LogP contribution in [0.15, 0.2) is 0 Å². The molecule has 4 N–H and O–H groups in total. The Morgan fingerprint density at radius 3 is 2.20 bits per heavy atom. The Labute approximate surface area is 90.9 Å². The molecule has 0 aromatic carbocycles. The topological polar surface area (TPSA) is 81.6 Å². The molecule has 1 unspecified atom stereocenters. The van der Waals surface area contributed by atoms with Crippen LogP contribution in [-0.2, 0) is 4.79 Å². The van der Waals surface area contributed by atoms with Gasteiger partial charge in [0.25, 0.3) is 0 Å². The van der Waals surface area contributed by atoms with Gasteiger partial charge in [0.1, 0.15) is 0 Å². The second-order valence-electron chi connectivity index (χ2n) is 5.06. The fourth-order valence-electron chi connectivity index (χ4n) is 0.964. The van der Waals surface area contributed by atoms with Crippen molar-refractivity contribution in [2.45, 2.75) is 38.8 Å². The van der Waals surface area contributed by atoms with E-state index in [-0.39, 0.29) is 31.1 Å². The third-order valence-electron chi connectivity index (χ3n) is 1.65. The van der Waals surface area contributed by atoms with E-state index >= 15 is 0 Å². The lowest BCUT2D eigenvalue weighted by Gasteiger charge is -2.23. The van der Waals surface area contributed by atoms with Crippen LogP contribution in [0.1, 0.15) is 27.7 Å². The van der Waals surface area contributed by atoms with E-state index in [9.17, 15) is 9.90 Å². The van der Waals surface area contributed by atoms with E-state index in [4.69, 9.17) is 5.11 Å². The maximum atomic E-state index is 11.3. The summed E-state index contributed by atoms with van der Waals surface area (Å²) in [5, 5.41) is 23.7. The first-order valence-corrected chi connectivity index (χ1v) is 5.01. The molecule has 0 aliphatic heterocycles. The van der Waals surface area contributed by atoms with Crippen LogP contribution < -0.4 is 10.6 Å². The van der Waals surface area contributed by atoms with Gasteiger partial charge in [0, 0.05) is 12.1 Å². The minimum Gasteiger partial charge on any atom is -0.393 e. The lowest BCUT2D eigenvalue weighted by molar-refractivity contribution is -0.121. The van der Waals surface area contributed by atoms with Gasteiger partial charge >= 0.3 is 0 Å². The molecule has 0 rings (SSSR count). The van der Waals surface area contributed by atoms with Gasteiger partial charge in [0.2, 0.25) is 5.91 Å². The van der Waals surface area contributed by atoms with Gasteiger partial charge in [-0.3, -0.25) is 4.79 Å². The molecule has 0 saturated heterocycles. The zero-order valence-electron chi connectivity index (χ0n) is 9.92. The van der Waals surface area contributed by atoms with E-state index in [1.165, 1.54) is 6.92 Å². The maximum absolute atomic E-state index is 11.3. The molecule has 0 aromatic heterocycles.